The van der Waals surface area contributed by atoms with Gasteiger partial charge in [0.2, 0.25) is 11.9 Å². The van der Waals surface area contributed by atoms with Crippen LogP contribution in [0.5, 0.6) is 0 Å². The molecule has 0 saturated heterocycles. The largest absolute Gasteiger partial charge is 0.313 e. The van der Waals surface area contributed by atoms with Crippen LogP contribution in [0.1, 0.15) is 18.5 Å². The minimum absolute atomic E-state index is 0.0722. The van der Waals surface area contributed by atoms with Crippen molar-refractivity contribution in [2.24, 2.45) is 0 Å². The second kappa shape index (κ2) is 3.58. The molecule has 0 bridgehead atoms. The summed E-state index contributed by atoms with van der Waals surface area (Å²) in [7, 11) is 1.72. The van der Waals surface area contributed by atoms with Crippen LogP contribution in [0.4, 0.5) is 8.78 Å². The topological polar surface area (TPSA) is 24.9 Å². The van der Waals surface area contributed by atoms with Crippen LogP contribution in [0.3, 0.4) is 0 Å². The van der Waals surface area contributed by atoms with E-state index in [-0.39, 0.29) is 6.04 Å². The average molecular weight is 172 g/mol. The van der Waals surface area contributed by atoms with Crippen LogP contribution >= 0.6 is 0 Å². The van der Waals surface area contributed by atoms with Crippen LogP contribution in [0, 0.1) is 11.9 Å². The first-order chi connectivity index (χ1) is 5.63. The van der Waals surface area contributed by atoms with Gasteiger partial charge in [-0.05, 0) is 31.7 Å². The van der Waals surface area contributed by atoms with Crippen molar-refractivity contribution in [1.29, 1.82) is 0 Å². The second-order valence-electron chi connectivity index (χ2n) is 2.56. The fraction of sp³-hybridized carbons (Fsp3) is 0.375. The zero-order chi connectivity index (χ0) is 9.14. The molecule has 0 aromatic carbocycles. The van der Waals surface area contributed by atoms with E-state index >= 15 is 0 Å². The number of hydrogen-bond donors (Lipinski definition) is 1. The number of aromatic nitrogens is 1. The van der Waals surface area contributed by atoms with Crippen molar-refractivity contribution in [3.8, 4) is 0 Å². The first kappa shape index (κ1) is 9.06. The smallest absolute Gasteiger partial charge is 0.215 e. The van der Waals surface area contributed by atoms with Gasteiger partial charge in [-0.1, -0.05) is 0 Å². The third-order valence-electron chi connectivity index (χ3n) is 1.72. The van der Waals surface area contributed by atoms with Crippen molar-refractivity contribution >= 4 is 0 Å². The van der Waals surface area contributed by atoms with E-state index in [1.165, 1.54) is 12.1 Å². The molecule has 1 aromatic rings. The van der Waals surface area contributed by atoms with Crippen molar-refractivity contribution in [3.63, 3.8) is 0 Å². The molecule has 1 rings (SSSR count). The van der Waals surface area contributed by atoms with Gasteiger partial charge in [-0.3, -0.25) is 0 Å². The van der Waals surface area contributed by atoms with E-state index < -0.39 is 11.9 Å². The van der Waals surface area contributed by atoms with E-state index in [0.717, 1.165) is 0 Å². The van der Waals surface area contributed by atoms with Crippen molar-refractivity contribution in [2.45, 2.75) is 13.0 Å². The maximum Gasteiger partial charge on any atom is 0.215 e. The Kier molecular flexibility index (Phi) is 2.70. The maximum absolute atomic E-state index is 12.5. The fourth-order valence-electron chi connectivity index (χ4n) is 0.900. The van der Waals surface area contributed by atoms with Crippen molar-refractivity contribution in [1.82, 2.24) is 10.3 Å². The summed E-state index contributed by atoms with van der Waals surface area (Å²) in [5, 5.41) is 2.87. The molecule has 0 fully saturated rings. The van der Waals surface area contributed by atoms with Gasteiger partial charge in [0, 0.05) is 6.04 Å². The minimum Gasteiger partial charge on any atom is -0.313 e. The highest BCUT2D eigenvalue weighted by Crippen LogP contribution is 2.12. The van der Waals surface area contributed by atoms with Gasteiger partial charge in [-0.25, -0.2) is 0 Å². The molecular formula is C8H10F2N2. The molecule has 1 aromatic heterocycles. The Bertz CT molecular complexity index is 256. The summed E-state index contributed by atoms with van der Waals surface area (Å²) < 4.78 is 25.1. The highest BCUT2D eigenvalue weighted by Gasteiger charge is 2.06. The summed E-state index contributed by atoms with van der Waals surface area (Å²) in [5.74, 6) is -1.57. The van der Waals surface area contributed by atoms with Crippen molar-refractivity contribution < 1.29 is 8.78 Å². The average Bonchev–Trinajstić information content (AvgIpc) is 2.01. The van der Waals surface area contributed by atoms with Gasteiger partial charge >= 0.3 is 0 Å². The van der Waals surface area contributed by atoms with Gasteiger partial charge in [-0.2, -0.15) is 13.8 Å². The molecule has 1 atom stereocenters. The van der Waals surface area contributed by atoms with Crippen molar-refractivity contribution in [2.75, 3.05) is 7.05 Å². The Hall–Kier alpha value is -1.03. The van der Waals surface area contributed by atoms with Crippen LogP contribution < -0.4 is 5.32 Å². The van der Waals surface area contributed by atoms with Crippen LogP contribution in [-0.4, -0.2) is 12.0 Å². The zero-order valence-corrected chi connectivity index (χ0v) is 6.94. The maximum atomic E-state index is 12.5. The van der Waals surface area contributed by atoms with Gasteiger partial charge < -0.3 is 5.32 Å². The Morgan fingerprint density at radius 2 is 1.83 bits per heavy atom. The van der Waals surface area contributed by atoms with Gasteiger partial charge in [-0.15, -0.1) is 0 Å². The first-order valence-corrected chi connectivity index (χ1v) is 3.63. The molecule has 0 aliphatic rings. The fourth-order valence-corrected chi connectivity index (χ4v) is 0.900. The summed E-state index contributed by atoms with van der Waals surface area (Å²) in [6, 6.07) is 2.35. The van der Waals surface area contributed by atoms with Crippen LogP contribution in [0.25, 0.3) is 0 Å². The van der Waals surface area contributed by atoms with Crippen LogP contribution in [0.15, 0.2) is 12.1 Å². The molecule has 1 unspecified atom stereocenters. The first-order valence-electron chi connectivity index (χ1n) is 3.63. The predicted octanol–water partition coefficient (Wildman–Crippen LogP) is 1.64. The minimum atomic E-state index is -0.785. The van der Waals surface area contributed by atoms with E-state index in [9.17, 15) is 8.78 Å². The van der Waals surface area contributed by atoms with Gasteiger partial charge in [0.25, 0.3) is 0 Å². The lowest BCUT2D eigenvalue weighted by atomic mass is 10.1. The number of halogens is 2. The molecule has 0 saturated carbocycles. The highest BCUT2D eigenvalue weighted by molar-refractivity contribution is 5.15. The molecule has 4 heteroatoms. The standard InChI is InChI=1S/C8H10F2N2/c1-5(11-2)6-3-7(9)12-8(10)4-6/h3-5,11H,1-2H3. The van der Waals surface area contributed by atoms with Gasteiger partial charge in [0.1, 0.15) is 0 Å². The molecule has 1 N–H and O–H groups in total. The third-order valence-corrected chi connectivity index (χ3v) is 1.72. The summed E-state index contributed by atoms with van der Waals surface area (Å²) in [5.41, 5.74) is 0.558. The second-order valence-corrected chi connectivity index (χ2v) is 2.56. The lowest BCUT2D eigenvalue weighted by Gasteiger charge is -2.09. The SMILES string of the molecule is CNC(C)c1cc(F)nc(F)c1. The number of pyridine rings is 1. The molecule has 2 nitrogen and oxygen atoms in total. The van der Waals surface area contributed by atoms with E-state index in [1.807, 2.05) is 6.92 Å². The number of nitrogens with zero attached hydrogens (tertiary/aromatic N) is 1. The molecule has 0 radical (unpaired) electrons. The summed E-state index contributed by atoms with van der Waals surface area (Å²) >= 11 is 0. The van der Waals surface area contributed by atoms with Crippen molar-refractivity contribution in [3.05, 3.63) is 29.6 Å². The van der Waals surface area contributed by atoms with Crippen LogP contribution in [-0.2, 0) is 0 Å². The van der Waals surface area contributed by atoms with E-state index in [0.29, 0.717) is 5.56 Å². The normalized spacial score (nSPS) is 13.0. The molecule has 12 heavy (non-hydrogen) atoms. The van der Waals surface area contributed by atoms with E-state index in [4.69, 9.17) is 0 Å². The predicted molar refractivity (Wildman–Crippen MR) is 41.6 cm³/mol. The Balaban J connectivity index is 3.00. The molecule has 0 aliphatic heterocycles. The summed E-state index contributed by atoms with van der Waals surface area (Å²) in [4.78, 5) is 2.99. The zero-order valence-electron chi connectivity index (χ0n) is 6.94. The lowest BCUT2D eigenvalue weighted by Crippen LogP contribution is -2.13. The molecule has 0 aliphatic carbocycles. The van der Waals surface area contributed by atoms with Crippen LogP contribution in [0.2, 0.25) is 0 Å². The summed E-state index contributed by atoms with van der Waals surface area (Å²) in [6.45, 7) is 1.81. The number of hydrogen-bond acceptors (Lipinski definition) is 2. The van der Waals surface area contributed by atoms with E-state index in [2.05, 4.69) is 10.3 Å². The summed E-state index contributed by atoms with van der Waals surface area (Å²) in [6.07, 6.45) is 0. The van der Waals surface area contributed by atoms with Gasteiger partial charge in [0.05, 0.1) is 0 Å². The number of nitrogens with one attached hydrogen (secondary N) is 1. The van der Waals surface area contributed by atoms with E-state index in [1.54, 1.807) is 7.05 Å². The highest BCUT2D eigenvalue weighted by atomic mass is 19.1. The lowest BCUT2D eigenvalue weighted by molar-refractivity contribution is 0.503. The third kappa shape index (κ3) is 1.98. The quantitative estimate of drug-likeness (QED) is 0.686. The molecule has 0 spiro atoms. The molecule has 1 heterocycles. The molecular weight excluding hydrogens is 162 g/mol. The number of rotatable bonds is 2. The van der Waals surface area contributed by atoms with Gasteiger partial charge in [0.15, 0.2) is 0 Å². The Labute approximate surface area is 69.6 Å². The monoisotopic (exact) mass is 172 g/mol. The Morgan fingerprint density at radius 3 is 2.25 bits per heavy atom. The Morgan fingerprint density at radius 1 is 1.33 bits per heavy atom. The molecule has 66 valence electrons. The molecule has 0 amide bonds.